The van der Waals surface area contributed by atoms with E-state index in [9.17, 15) is 13.2 Å². The van der Waals surface area contributed by atoms with Crippen LogP contribution in [0, 0.1) is 0 Å². The highest BCUT2D eigenvalue weighted by Gasteiger charge is 2.17. The van der Waals surface area contributed by atoms with E-state index in [1.807, 2.05) is 24.3 Å². The maximum absolute atomic E-state index is 12.5. The molecule has 0 aromatic heterocycles. The van der Waals surface area contributed by atoms with Gasteiger partial charge in [-0.05, 0) is 40.6 Å². The third-order valence-corrected chi connectivity index (χ3v) is 4.96. The molecule has 3 rings (SSSR count). The minimum atomic E-state index is -3.94. The minimum absolute atomic E-state index is 0.0878. The lowest BCUT2D eigenvalue weighted by molar-refractivity contribution is -0.139. The smallest absolute Gasteiger partial charge is 0.339 e. The van der Waals surface area contributed by atoms with Crippen molar-refractivity contribution < 1.29 is 22.1 Å². The molecule has 0 atom stereocenters. The van der Waals surface area contributed by atoms with Crippen LogP contribution < -0.4 is 4.18 Å². The Bertz CT molecular complexity index is 1010. The van der Waals surface area contributed by atoms with Gasteiger partial charge in [0.25, 0.3) is 0 Å². The van der Waals surface area contributed by atoms with Crippen LogP contribution in [-0.4, -0.2) is 21.5 Å². The molecule has 25 heavy (non-hydrogen) atoms. The van der Waals surface area contributed by atoms with Crippen molar-refractivity contribution >= 4 is 26.9 Å². The van der Waals surface area contributed by atoms with E-state index in [2.05, 4.69) is 4.74 Å². The zero-order valence-electron chi connectivity index (χ0n) is 13.5. The second-order valence-corrected chi connectivity index (χ2v) is 6.99. The highest BCUT2D eigenvalue weighted by atomic mass is 32.2. The normalized spacial score (nSPS) is 11.2. The van der Waals surface area contributed by atoms with Gasteiger partial charge in [0, 0.05) is 0 Å². The molecule has 0 radical (unpaired) electrons. The maximum Gasteiger partial charge on any atom is 0.339 e. The average molecular weight is 356 g/mol. The summed E-state index contributed by atoms with van der Waals surface area (Å²) in [7, 11) is -2.62. The number of ether oxygens (including phenoxy) is 1. The Morgan fingerprint density at radius 1 is 0.920 bits per heavy atom. The summed E-state index contributed by atoms with van der Waals surface area (Å²) in [6.07, 6.45) is 0.119. The van der Waals surface area contributed by atoms with Crippen LogP contribution in [0.15, 0.2) is 71.6 Å². The Kier molecular flexibility index (Phi) is 4.72. The topological polar surface area (TPSA) is 69.7 Å². The first-order valence-corrected chi connectivity index (χ1v) is 8.98. The van der Waals surface area contributed by atoms with Crippen molar-refractivity contribution in [3.8, 4) is 5.75 Å². The van der Waals surface area contributed by atoms with Crippen molar-refractivity contribution in [2.45, 2.75) is 11.3 Å². The van der Waals surface area contributed by atoms with Gasteiger partial charge in [-0.2, -0.15) is 8.42 Å². The average Bonchev–Trinajstić information content (AvgIpc) is 2.62. The number of rotatable bonds is 5. The lowest BCUT2D eigenvalue weighted by Crippen LogP contribution is -2.10. The van der Waals surface area contributed by atoms with E-state index in [1.54, 1.807) is 24.3 Å². The van der Waals surface area contributed by atoms with E-state index in [-0.39, 0.29) is 23.0 Å². The van der Waals surface area contributed by atoms with E-state index in [4.69, 9.17) is 4.18 Å². The van der Waals surface area contributed by atoms with Gasteiger partial charge < -0.3 is 8.92 Å². The third kappa shape index (κ3) is 3.97. The van der Waals surface area contributed by atoms with Gasteiger partial charge in [-0.25, -0.2) is 0 Å². The molecule has 0 fully saturated rings. The number of hydrogen-bond donors (Lipinski definition) is 0. The molecule has 0 N–H and O–H groups in total. The summed E-state index contributed by atoms with van der Waals surface area (Å²) in [6, 6.07) is 18.6. The van der Waals surface area contributed by atoms with E-state index in [0.717, 1.165) is 10.8 Å². The highest BCUT2D eigenvalue weighted by molar-refractivity contribution is 7.87. The largest absolute Gasteiger partial charge is 0.469 e. The van der Waals surface area contributed by atoms with Crippen molar-refractivity contribution in [3.05, 3.63) is 72.3 Å². The van der Waals surface area contributed by atoms with Gasteiger partial charge in [0.1, 0.15) is 10.6 Å². The fourth-order valence-electron chi connectivity index (χ4n) is 2.40. The first kappa shape index (κ1) is 17.0. The molecule has 0 aliphatic rings. The molecular weight excluding hydrogens is 340 g/mol. The molecule has 0 aliphatic carbocycles. The van der Waals surface area contributed by atoms with Crippen LogP contribution >= 0.6 is 0 Å². The summed E-state index contributed by atoms with van der Waals surface area (Å²) in [5, 5.41) is 1.77. The van der Waals surface area contributed by atoms with Gasteiger partial charge in [0.15, 0.2) is 0 Å². The molecule has 0 unspecified atom stereocenters. The molecule has 3 aromatic carbocycles. The predicted molar refractivity (Wildman–Crippen MR) is 93.9 cm³/mol. The fraction of sp³-hybridized carbons (Fsp3) is 0.105. The summed E-state index contributed by atoms with van der Waals surface area (Å²) in [4.78, 5) is 11.3. The zero-order chi connectivity index (χ0) is 17.9. The first-order valence-electron chi connectivity index (χ1n) is 7.57. The number of benzene rings is 3. The van der Waals surface area contributed by atoms with E-state index < -0.39 is 10.1 Å². The maximum atomic E-state index is 12.5. The van der Waals surface area contributed by atoms with Crippen LogP contribution in [0.1, 0.15) is 5.56 Å². The summed E-state index contributed by atoms with van der Waals surface area (Å²) in [6.45, 7) is 0. The Morgan fingerprint density at radius 2 is 1.60 bits per heavy atom. The Morgan fingerprint density at radius 3 is 2.28 bits per heavy atom. The molecule has 0 amide bonds. The number of fused-ring (bicyclic) bond motifs is 1. The number of esters is 1. The standard InChI is InChI=1S/C19H16O5S/c1-23-19(20)12-14-6-9-17(10-7-14)24-25(21,22)18-11-8-15-4-2-3-5-16(15)13-18/h2-11,13H,12H2,1H3. The molecular formula is C19H16O5S. The fourth-order valence-corrected chi connectivity index (χ4v) is 3.37. The summed E-state index contributed by atoms with van der Waals surface area (Å²) in [5.41, 5.74) is 0.710. The Labute approximate surface area is 145 Å². The Balaban J connectivity index is 1.81. The van der Waals surface area contributed by atoms with Crippen molar-refractivity contribution in [2.24, 2.45) is 0 Å². The van der Waals surface area contributed by atoms with Crippen LogP contribution in [0.5, 0.6) is 5.75 Å². The Hall–Kier alpha value is -2.86. The summed E-state index contributed by atoms with van der Waals surface area (Å²) < 4.78 is 34.7. The summed E-state index contributed by atoms with van der Waals surface area (Å²) in [5.74, 6) is -0.181. The quantitative estimate of drug-likeness (QED) is 0.518. The van der Waals surface area contributed by atoms with Gasteiger partial charge >= 0.3 is 16.1 Å². The van der Waals surface area contributed by atoms with Crippen molar-refractivity contribution in [2.75, 3.05) is 7.11 Å². The molecule has 128 valence electrons. The van der Waals surface area contributed by atoms with Gasteiger partial charge in [-0.1, -0.05) is 42.5 Å². The van der Waals surface area contributed by atoms with Crippen molar-refractivity contribution in [1.82, 2.24) is 0 Å². The van der Waals surface area contributed by atoms with Crippen LogP contribution in [0.3, 0.4) is 0 Å². The lowest BCUT2D eigenvalue weighted by Gasteiger charge is -2.08. The molecule has 0 spiro atoms. The SMILES string of the molecule is COC(=O)Cc1ccc(OS(=O)(=O)c2ccc3ccccc3c2)cc1. The van der Waals surface area contributed by atoms with Crippen molar-refractivity contribution in [1.29, 1.82) is 0 Å². The second-order valence-electron chi connectivity index (χ2n) is 5.44. The third-order valence-electron chi connectivity index (χ3n) is 3.72. The minimum Gasteiger partial charge on any atom is -0.469 e. The van der Waals surface area contributed by atoms with Gasteiger partial charge in [0.05, 0.1) is 13.5 Å². The molecule has 3 aromatic rings. The van der Waals surface area contributed by atoms with Gasteiger partial charge in [0.2, 0.25) is 0 Å². The molecule has 0 saturated heterocycles. The first-order chi connectivity index (χ1) is 12.0. The van der Waals surface area contributed by atoms with Gasteiger partial charge in [-0.15, -0.1) is 0 Å². The van der Waals surface area contributed by atoms with E-state index in [0.29, 0.717) is 5.56 Å². The van der Waals surface area contributed by atoms with Crippen molar-refractivity contribution in [3.63, 3.8) is 0 Å². The second kappa shape index (κ2) is 6.94. The van der Waals surface area contributed by atoms with Crippen LogP contribution in [0.4, 0.5) is 0 Å². The number of carbonyl (C=O) groups excluding carboxylic acids is 1. The molecule has 6 heteroatoms. The molecule has 0 aliphatic heterocycles. The number of carbonyl (C=O) groups is 1. The van der Waals surface area contributed by atoms with Gasteiger partial charge in [-0.3, -0.25) is 4.79 Å². The molecule has 0 bridgehead atoms. The highest BCUT2D eigenvalue weighted by Crippen LogP contribution is 2.23. The predicted octanol–water partition coefficient (Wildman–Crippen LogP) is 3.32. The molecule has 0 heterocycles. The lowest BCUT2D eigenvalue weighted by atomic mass is 10.1. The zero-order valence-corrected chi connectivity index (χ0v) is 14.3. The molecule has 5 nitrogen and oxygen atoms in total. The van der Waals surface area contributed by atoms with E-state index >= 15 is 0 Å². The molecule has 0 saturated carbocycles. The summed E-state index contributed by atoms with van der Waals surface area (Å²) >= 11 is 0. The van der Waals surface area contributed by atoms with Crippen LogP contribution in [0.2, 0.25) is 0 Å². The van der Waals surface area contributed by atoms with E-state index in [1.165, 1.54) is 25.3 Å². The van der Waals surface area contributed by atoms with Crippen LogP contribution in [0.25, 0.3) is 10.8 Å². The number of methoxy groups -OCH3 is 1. The van der Waals surface area contributed by atoms with Crippen LogP contribution in [-0.2, 0) is 26.1 Å². The monoisotopic (exact) mass is 356 g/mol. The number of hydrogen-bond acceptors (Lipinski definition) is 5.